The SMILES string of the molecule is Cc1[nH]nc2cc(NC(=O)C3CCCOC3)ccc12. The molecule has 2 aromatic rings. The largest absolute Gasteiger partial charge is 0.381 e. The Morgan fingerprint density at radius 3 is 3.21 bits per heavy atom. The van der Waals surface area contributed by atoms with Crippen LogP contribution in [-0.2, 0) is 9.53 Å². The van der Waals surface area contributed by atoms with Crippen molar-refractivity contribution in [3.8, 4) is 0 Å². The van der Waals surface area contributed by atoms with Crippen LogP contribution in [-0.4, -0.2) is 29.3 Å². The van der Waals surface area contributed by atoms with Gasteiger partial charge in [-0.2, -0.15) is 5.10 Å². The van der Waals surface area contributed by atoms with Crippen molar-refractivity contribution in [3.05, 3.63) is 23.9 Å². The first-order chi connectivity index (χ1) is 9.24. The van der Waals surface area contributed by atoms with Crippen molar-refractivity contribution in [2.45, 2.75) is 19.8 Å². The molecule has 5 nitrogen and oxygen atoms in total. The zero-order chi connectivity index (χ0) is 13.2. The Hall–Kier alpha value is -1.88. The average molecular weight is 259 g/mol. The quantitative estimate of drug-likeness (QED) is 0.869. The smallest absolute Gasteiger partial charge is 0.229 e. The lowest BCUT2D eigenvalue weighted by Crippen LogP contribution is -2.30. The summed E-state index contributed by atoms with van der Waals surface area (Å²) in [7, 11) is 0. The Kier molecular flexibility index (Phi) is 3.21. The van der Waals surface area contributed by atoms with Gasteiger partial charge in [-0.05, 0) is 38.0 Å². The normalized spacial score (nSPS) is 19.5. The summed E-state index contributed by atoms with van der Waals surface area (Å²) in [5.74, 6) is -0.00308. The van der Waals surface area contributed by atoms with Crippen molar-refractivity contribution in [2.75, 3.05) is 18.5 Å². The van der Waals surface area contributed by atoms with Crippen LogP contribution >= 0.6 is 0 Å². The predicted octanol–water partition coefficient (Wildman–Crippen LogP) is 2.24. The molecular formula is C14H17N3O2. The number of benzene rings is 1. The number of rotatable bonds is 2. The molecule has 1 amide bonds. The van der Waals surface area contributed by atoms with E-state index in [0.29, 0.717) is 6.61 Å². The van der Waals surface area contributed by atoms with Crippen LogP contribution in [0.3, 0.4) is 0 Å². The van der Waals surface area contributed by atoms with E-state index < -0.39 is 0 Å². The molecule has 1 saturated heterocycles. The van der Waals surface area contributed by atoms with Crippen LogP contribution in [0.5, 0.6) is 0 Å². The lowest BCUT2D eigenvalue weighted by Gasteiger charge is -2.21. The molecule has 1 aromatic carbocycles. The zero-order valence-corrected chi connectivity index (χ0v) is 10.9. The second-order valence-corrected chi connectivity index (χ2v) is 4.98. The molecule has 1 aliphatic rings. The standard InChI is InChI=1S/C14H17N3O2/c1-9-12-5-4-11(7-13(12)17-16-9)15-14(18)10-3-2-6-19-8-10/h4-5,7,10H,2-3,6,8H2,1H3,(H,15,18)(H,16,17). The minimum atomic E-state index is -0.0367. The van der Waals surface area contributed by atoms with Crippen LogP contribution in [0.15, 0.2) is 18.2 Å². The van der Waals surface area contributed by atoms with Crippen LogP contribution in [0.25, 0.3) is 10.9 Å². The van der Waals surface area contributed by atoms with Gasteiger partial charge in [0.1, 0.15) is 0 Å². The second kappa shape index (κ2) is 5.01. The van der Waals surface area contributed by atoms with Crippen LogP contribution < -0.4 is 5.32 Å². The minimum Gasteiger partial charge on any atom is -0.381 e. The molecule has 0 saturated carbocycles. The van der Waals surface area contributed by atoms with Gasteiger partial charge in [-0.15, -0.1) is 0 Å². The highest BCUT2D eigenvalue weighted by Crippen LogP contribution is 2.21. The molecule has 2 N–H and O–H groups in total. The number of H-pyrrole nitrogens is 1. The number of ether oxygens (including phenoxy) is 1. The Bertz CT molecular complexity index is 600. The van der Waals surface area contributed by atoms with Gasteiger partial charge in [0.2, 0.25) is 5.91 Å². The fourth-order valence-electron chi connectivity index (χ4n) is 2.42. The van der Waals surface area contributed by atoms with Gasteiger partial charge in [-0.25, -0.2) is 0 Å². The number of anilines is 1. The topological polar surface area (TPSA) is 67.0 Å². The van der Waals surface area contributed by atoms with Crippen molar-refractivity contribution in [2.24, 2.45) is 5.92 Å². The van der Waals surface area contributed by atoms with Gasteiger partial charge in [-0.1, -0.05) is 0 Å². The third-order valence-corrected chi connectivity index (χ3v) is 3.54. The summed E-state index contributed by atoms with van der Waals surface area (Å²) >= 11 is 0. The Balaban J connectivity index is 1.75. The fraction of sp³-hybridized carbons (Fsp3) is 0.429. The molecule has 2 heterocycles. The highest BCUT2D eigenvalue weighted by Gasteiger charge is 2.21. The van der Waals surface area contributed by atoms with Crippen LogP contribution in [0.4, 0.5) is 5.69 Å². The summed E-state index contributed by atoms with van der Waals surface area (Å²) in [6.07, 6.45) is 1.85. The molecule has 0 spiro atoms. The maximum atomic E-state index is 12.1. The van der Waals surface area contributed by atoms with E-state index in [1.54, 1.807) is 0 Å². The summed E-state index contributed by atoms with van der Waals surface area (Å²) in [5.41, 5.74) is 2.69. The van der Waals surface area contributed by atoms with E-state index >= 15 is 0 Å². The summed E-state index contributed by atoms with van der Waals surface area (Å²) < 4.78 is 5.34. The van der Waals surface area contributed by atoms with Crippen LogP contribution in [0.1, 0.15) is 18.5 Å². The van der Waals surface area contributed by atoms with Crippen LogP contribution in [0.2, 0.25) is 0 Å². The lowest BCUT2D eigenvalue weighted by atomic mass is 10.0. The van der Waals surface area contributed by atoms with E-state index in [1.165, 1.54) is 0 Å². The monoisotopic (exact) mass is 259 g/mol. The third kappa shape index (κ3) is 2.46. The molecule has 1 aliphatic heterocycles. The Morgan fingerprint density at radius 1 is 1.53 bits per heavy atom. The van der Waals surface area contributed by atoms with Gasteiger partial charge in [-0.3, -0.25) is 9.89 Å². The summed E-state index contributed by atoms with van der Waals surface area (Å²) in [4.78, 5) is 12.1. The number of aryl methyl sites for hydroxylation is 1. The molecule has 3 rings (SSSR count). The number of carbonyl (C=O) groups is 1. The number of nitrogens with one attached hydrogen (secondary N) is 2. The number of carbonyl (C=O) groups excluding carboxylic acids is 1. The summed E-state index contributed by atoms with van der Waals surface area (Å²) in [5, 5.41) is 11.2. The molecule has 100 valence electrons. The van der Waals surface area contributed by atoms with E-state index in [1.807, 2.05) is 25.1 Å². The molecule has 5 heteroatoms. The minimum absolute atomic E-state index is 0.0336. The van der Waals surface area contributed by atoms with E-state index in [4.69, 9.17) is 4.74 Å². The maximum absolute atomic E-state index is 12.1. The molecule has 1 atom stereocenters. The number of fused-ring (bicyclic) bond motifs is 1. The number of aromatic amines is 1. The Morgan fingerprint density at radius 2 is 2.42 bits per heavy atom. The first-order valence-electron chi connectivity index (χ1n) is 6.57. The van der Waals surface area contributed by atoms with Crippen molar-refractivity contribution in [1.29, 1.82) is 0 Å². The maximum Gasteiger partial charge on any atom is 0.229 e. The van der Waals surface area contributed by atoms with Crippen molar-refractivity contribution >= 4 is 22.5 Å². The number of hydrogen-bond donors (Lipinski definition) is 2. The molecule has 0 aliphatic carbocycles. The van der Waals surface area contributed by atoms with E-state index in [9.17, 15) is 4.79 Å². The summed E-state index contributed by atoms with van der Waals surface area (Å²) in [6, 6.07) is 5.77. The van der Waals surface area contributed by atoms with Gasteiger partial charge in [0, 0.05) is 23.4 Å². The number of hydrogen-bond acceptors (Lipinski definition) is 3. The second-order valence-electron chi connectivity index (χ2n) is 4.98. The van der Waals surface area contributed by atoms with Crippen molar-refractivity contribution < 1.29 is 9.53 Å². The fourth-order valence-corrected chi connectivity index (χ4v) is 2.42. The first-order valence-corrected chi connectivity index (χ1v) is 6.57. The molecule has 19 heavy (non-hydrogen) atoms. The first kappa shape index (κ1) is 12.2. The van der Waals surface area contributed by atoms with Crippen molar-refractivity contribution in [1.82, 2.24) is 10.2 Å². The highest BCUT2D eigenvalue weighted by atomic mass is 16.5. The molecule has 1 unspecified atom stereocenters. The molecule has 1 fully saturated rings. The number of nitrogens with zero attached hydrogens (tertiary/aromatic N) is 1. The van der Waals surface area contributed by atoms with E-state index in [2.05, 4.69) is 15.5 Å². The molecular weight excluding hydrogens is 242 g/mol. The zero-order valence-electron chi connectivity index (χ0n) is 10.9. The van der Waals surface area contributed by atoms with Gasteiger partial charge >= 0.3 is 0 Å². The molecule has 0 bridgehead atoms. The van der Waals surface area contributed by atoms with Gasteiger partial charge in [0.25, 0.3) is 0 Å². The van der Waals surface area contributed by atoms with E-state index in [-0.39, 0.29) is 11.8 Å². The van der Waals surface area contributed by atoms with E-state index in [0.717, 1.165) is 41.7 Å². The Labute approximate surface area is 111 Å². The number of aromatic nitrogens is 2. The predicted molar refractivity (Wildman–Crippen MR) is 73.0 cm³/mol. The highest BCUT2D eigenvalue weighted by molar-refractivity contribution is 5.95. The lowest BCUT2D eigenvalue weighted by molar-refractivity contribution is -0.123. The van der Waals surface area contributed by atoms with Crippen molar-refractivity contribution in [3.63, 3.8) is 0 Å². The summed E-state index contributed by atoms with van der Waals surface area (Å²) in [6.45, 7) is 3.27. The third-order valence-electron chi connectivity index (χ3n) is 3.54. The molecule has 0 radical (unpaired) electrons. The van der Waals surface area contributed by atoms with Gasteiger partial charge in [0.05, 0.1) is 18.0 Å². The molecule has 1 aromatic heterocycles. The van der Waals surface area contributed by atoms with Crippen LogP contribution in [0, 0.1) is 12.8 Å². The number of amides is 1. The average Bonchev–Trinajstić information content (AvgIpc) is 2.81. The van der Waals surface area contributed by atoms with Gasteiger partial charge in [0.15, 0.2) is 0 Å². The van der Waals surface area contributed by atoms with Gasteiger partial charge < -0.3 is 10.1 Å².